The Morgan fingerprint density at radius 1 is 1.33 bits per heavy atom. The van der Waals surface area contributed by atoms with Crippen LogP contribution < -0.4 is 10.6 Å². The molecule has 1 aliphatic carbocycles. The van der Waals surface area contributed by atoms with Crippen LogP contribution in [0, 0.1) is 0 Å². The largest absolute Gasteiger partial charge is 0.369 e. The number of amides is 1. The average molecular weight is 379 g/mol. The fourth-order valence-corrected chi connectivity index (χ4v) is 5.07. The van der Waals surface area contributed by atoms with Crippen LogP contribution in [-0.2, 0) is 16.8 Å². The smallest absolute Gasteiger partial charge is 0.261 e. The topological polar surface area (TPSA) is 50.4 Å². The van der Waals surface area contributed by atoms with E-state index >= 15 is 0 Å². The number of fused-ring (bicyclic) bond motifs is 2. The van der Waals surface area contributed by atoms with Gasteiger partial charge in [0.15, 0.2) is 0 Å². The Labute approximate surface area is 149 Å². The van der Waals surface area contributed by atoms with Gasteiger partial charge in [-0.3, -0.25) is 4.79 Å². The van der Waals surface area contributed by atoms with Crippen molar-refractivity contribution in [2.75, 3.05) is 19.7 Å². The molecule has 1 saturated carbocycles. The van der Waals surface area contributed by atoms with Crippen molar-refractivity contribution in [3.63, 3.8) is 0 Å². The van der Waals surface area contributed by atoms with Crippen LogP contribution in [0.25, 0.3) is 0 Å². The molecule has 0 bridgehead atoms. The van der Waals surface area contributed by atoms with E-state index in [0.717, 1.165) is 37.2 Å². The number of piperidine rings is 1. The summed E-state index contributed by atoms with van der Waals surface area (Å²) in [6.45, 7) is 2.51. The lowest BCUT2D eigenvalue weighted by Crippen LogP contribution is -2.50. The summed E-state index contributed by atoms with van der Waals surface area (Å²) in [5.41, 5.74) is 0.929. The molecule has 1 spiro atoms. The van der Waals surface area contributed by atoms with Crippen molar-refractivity contribution in [3.8, 4) is 0 Å². The zero-order valence-electron chi connectivity index (χ0n) is 13.2. The Morgan fingerprint density at radius 2 is 2.04 bits per heavy atom. The number of hydrogen-bond acceptors (Lipinski definition) is 4. The zero-order chi connectivity index (χ0) is 16.1. The molecule has 2 fully saturated rings. The molecular formula is C16H21ClF2N2O2S. The predicted molar refractivity (Wildman–Crippen MR) is 90.4 cm³/mol. The third kappa shape index (κ3) is 3.19. The second kappa shape index (κ2) is 6.52. The summed E-state index contributed by atoms with van der Waals surface area (Å²) in [6.07, 6.45) is 2.15. The minimum absolute atomic E-state index is 0. The van der Waals surface area contributed by atoms with Crippen LogP contribution in [0.2, 0.25) is 0 Å². The van der Waals surface area contributed by atoms with E-state index < -0.39 is 12.0 Å². The molecule has 2 aliphatic heterocycles. The van der Waals surface area contributed by atoms with E-state index in [1.165, 1.54) is 16.9 Å². The molecule has 0 unspecified atom stereocenters. The van der Waals surface area contributed by atoms with Gasteiger partial charge < -0.3 is 15.4 Å². The standard InChI is InChI=1S/C16H20F2N2O2S.ClH/c17-16(18)8-11(9-16)20-14(21)12-7-10-1-6-22-15(13(10)23-12)2-4-19-5-3-15;/h7,11,19H,1-6,8-9H2,(H,20,21);1H. The quantitative estimate of drug-likeness (QED) is 0.832. The van der Waals surface area contributed by atoms with Gasteiger partial charge in [-0.25, -0.2) is 8.78 Å². The van der Waals surface area contributed by atoms with E-state index in [1.807, 2.05) is 6.07 Å². The molecule has 1 amide bonds. The van der Waals surface area contributed by atoms with Gasteiger partial charge in [0.25, 0.3) is 11.8 Å². The van der Waals surface area contributed by atoms with Crippen LogP contribution in [-0.4, -0.2) is 37.6 Å². The summed E-state index contributed by atoms with van der Waals surface area (Å²) in [7, 11) is 0. The molecule has 3 aliphatic rings. The second-order valence-electron chi connectivity index (χ2n) is 6.74. The minimum Gasteiger partial charge on any atom is -0.369 e. The van der Waals surface area contributed by atoms with Gasteiger partial charge in [0.1, 0.15) is 5.60 Å². The predicted octanol–water partition coefficient (Wildman–Crippen LogP) is 2.85. The van der Waals surface area contributed by atoms with Crippen molar-refractivity contribution in [1.82, 2.24) is 10.6 Å². The normalized spacial score (nSPS) is 24.6. The van der Waals surface area contributed by atoms with Crippen molar-refractivity contribution in [1.29, 1.82) is 0 Å². The summed E-state index contributed by atoms with van der Waals surface area (Å²) in [5, 5.41) is 6.07. The lowest BCUT2D eigenvalue weighted by atomic mass is 9.86. The third-order valence-electron chi connectivity index (χ3n) is 5.03. The van der Waals surface area contributed by atoms with Gasteiger partial charge in [0.2, 0.25) is 0 Å². The number of rotatable bonds is 2. The Kier molecular flexibility index (Phi) is 4.90. The number of ether oxygens (including phenoxy) is 1. The van der Waals surface area contributed by atoms with Crippen LogP contribution in [0.15, 0.2) is 6.07 Å². The Hall–Kier alpha value is -0.760. The Bertz CT molecular complexity index is 624. The molecule has 0 atom stereocenters. The number of halogens is 3. The van der Waals surface area contributed by atoms with Gasteiger partial charge >= 0.3 is 0 Å². The summed E-state index contributed by atoms with van der Waals surface area (Å²) in [4.78, 5) is 14.1. The molecule has 1 saturated heterocycles. The van der Waals surface area contributed by atoms with Crippen LogP contribution in [0.4, 0.5) is 8.78 Å². The van der Waals surface area contributed by atoms with Crippen LogP contribution in [0.1, 0.15) is 45.8 Å². The molecule has 8 heteroatoms. The minimum atomic E-state index is -2.61. The van der Waals surface area contributed by atoms with Crippen molar-refractivity contribution >= 4 is 29.7 Å². The monoisotopic (exact) mass is 378 g/mol. The van der Waals surface area contributed by atoms with Gasteiger partial charge in [-0.2, -0.15) is 0 Å². The molecule has 0 aromatic carbocycles. The number of hydrogen-bond donors (Lipinski definition) is 2. The first-order chi connectivity index (χ1) is 11.0. The van der Waals surface area contributed by atoms with Crippen LogP contribution >= 0.6 is 23.7 Å². The lowest BCUT2D eigenvalue weighted by molar-refractivity contribution is -0.0901. The second-order valence-corrected chi connectivity index (χ2v) is 7.79. The maximum Gasteiger partial charge on any atom is 0.261 e. The van der Waals surface area contributed by atoms with Gasteiger partial charge in [-0.15, -0.1) is 23.7 Å². The van der Waals surface area contributed by atoms with Crippen molar-refractivity contribution in [2.24, 2.45) is 0 Å². The highest BCUT2D eigenvalue weighted by Gasteiger charge is 2.46. The summed E-state index contributed by atoms with van der Waals surface area (Å²) >= 11 is 1.47. The maximum absolute atomic E-state index is 12.9. The SMILES string of the molecule is Cl.O=C(NC1CC(F)(F)C1)c1cc2c(s1)C1(CCNCC1)OCC2. The maximum atomic E-state index is 12.9. The van der Waals surface area contributed by atoms with E-state index in [2.05, 4.69) is 10.6 Å². The molecule has 3 heterocycles. The van der Waals surface area contributed by atoms with Crippen molar-refractivity contribution in [2.45, 2.75) is 49.7 Å². The number of carbonyl (C=O) groups is 1. The molecule has 2 N–H and O–H groups in total. The first kappa shape index (κ1) is 18.0. The molecule has 1 aromatic heterocycles. The number of carbonyl (C=O) groups excluding carboxylic acids is 1. The first-order valence-electron chi connectivity index (χ1n) is 8.14. The van der Waals surface area contributed by atoms with E-state index in [0.29, 0.717) is 11.5 Å². The Morgan fingerprint density at radius 3 is 2.71 bits per heavy atom. The molecule has 1 aromatic rings. The summed E-state index contributed by atoms with van der Waals surface area (Å²) in [6, 6.07) is 1.53. The first-order valence-corrected chi connectivity index (χ1v) is 8.96. The van der Waals surface area contributed by atoms with E-state index in [-0.39, 0.29) is 36.8 Å². The number of thiophene rings is 1. The average Bonchev–Trinajstić information content (AvgIpc) is 2.92. The fraction of sp³-hybridized carbons (Fsp3) is 0.688. The van der Waals surface area contributed by atoms with Gasteiger partial charge in [0, 0.05) is 23.8 Å². The van der Waals surface area contributed by atoms with Gasteiger partial charge in [-0.1, -0.05) is 0 Å². The summed E-state index contributed by atoms with van der Waals surface area (Å²) in [5.74, 6) is -2.84. The van der Waals surface area contributed by atoms with Crippen molar-refractivity contribution in [3.05, 3.63) is 21.4 Å². The van der Waals surface area contributed by atoms with Gasteiger partial charge in [-0.05, 0) is 44.0 Å². The Balaban J connectivity index is 0.00000169. The van der Waals surface area contributed by atoms with Crippen molar-refractivity contribution < 1.29 is 18.3 Å². The molecule has 24 heavy (non-hydrogen) atoms. The summed E-state index contributed by atoms with van der Waals surface area (Å²) < 4.78 is 31.9. The highest BCUT2D eigenvalue weighted by atomic mass is 35.5. The molecule has 4 nitrogen and oxygen atoms in total. The van der Waals surface area contributed by atoms with Gasteiger partial charge in [0.05, 0.1) is 11.5 Å². The molecule has 0 radical (unpaired) electrons. The number of nitrogens with one attached hydrogen (secondary N) is 2. The fourth-order valence-electron chi connectivity index (χ4n) is 3.76. The van der Waals surface area contributed by atoms with E-state index in [9.17, 15) is 13.6 Å². The van der Waals surface area contributed by atoms with Crippen LogP contribution in [0.3, 0.4) is 0 Å². The molecule has 4 rings (SSSR count). The highest BCUT2D eigenvalue weighted by molar-refractivity contribution is 7.14. The van der Waals surface area contributed by atoms with E-state index in [4.69, 9.17) is 4.74 Å². The molecular weight excluding hydrogens is 358 g/mol. The van der Waals surface area contributed by atoms with Crippen LogP contribution in [0.5, 0.6) is 0 Å². The van der Waals surface area contributed by atoms with E-state index in [1.54, 1.807) is 0 Å². The lowest BCUT2D eigenvalue weighted by Gasteiger charge is -2.40. The zero-order valence-corrected chi connectivity index (χ0v) is 14.8. The number of alkyl halides is 2. The third-order valence-corrected chi connectivity index (χ3v) is 6.39. The molecule has 134 valence electrons. The highest BCUT2D eigenvalue weighted by Crippen LogP contribution is 2.44.